The molecule has 1 unspecified atom stereocenters. The van der Waals surface area contributed by atoms with Gasteiger partial charge in [-0.2, -0.15) is 0 Å². The number of ether oxygens (including phenoxy) is 1. The van der Waals surface area contributed by atoms with E-state index in [9.17, 15) is 4.79 Å². The summed E-state index contributed by atoms with van der Waals surface area (Å²) in [7, 11) is 2.18. The number of aryl methyl sites for hydroxylation is 1. The van der Waals surface area contributed by atoms with Crippen molar-refractivity contribution in [3.8, 4) is 0 Å². The van der Waals surface area contributed by atoms with Gasteiger partial charge in [0.25, 0.3) is 0 Å². The molecule has 1 atom stereocenters. The van der Waals surface area contributed by atoms with Gasteiger partial charge in [0.05, 0.1) is 24.0 Å². The molecule has 186 valence electrons. The molecule has 8 heteroatoms. The molecule has 5 rings (SSSR count). The summed E-state index contributed by atoms with van der Waals surface area (Å²) < 4.78 is 7.59. The molecule has 3 aromatic heterocycles. The Bertz CT molecular complexity index is 1170. The highest BCUT2D eigenvalue weighted by Gasteiger charge is 2.26. The third-order valence-corrected chi connectivity index (χ3v) is 7.03. The smallest absolute Gasteiger partial charge is 0.409 e. The fourth-order valence-corrected chi connectivity index (χ4v) is 5.21. The number of aromatic nitrogens is 3. The van der Waals surface area contributed by atoms with Crippen LogP contribution in [0.5, 0.6) is 0 Å². The number of fused-ring (bicyclic) bond motifs is 2. The summed E-state index contributed by atoms with van der Waals surface area (Å²) in [6, 6.07) is 10.8. The highest BCUT2D eigenvalue weighted by Crippen LogP contribution is 2.32. The van der Waals surface area contributed by atoms with Crippen LogP contribution in [0.25, 0.3) is 5.65 Å². The van der Waals surface area contributed by atoms with Crippen LogP contribution in [-0.4, -0.2) is 70.1 Å². The maximum Gasteiger partial charge on any atom is 0.409 e. The van der Waals surface area contributed by atoms with Gasteiger partial charge in [0.15, 0.2) is 0 Å². The lowest BCUT2D eigenvalue weighted by atomic mass is 9.91. The topological polar surface area (TPSA) is 66.2 Å². The minimum absolute atomic E-state index is 0.205. The van der Waals surface area contributed by atoms with Crippen molar-refractivity contribution in [3.63, 3.8) is 0 Å². The quantitative estimate of drug-likeness (QED) is 0.532. The summed E-state index contributed by atoms with van der Waals surface area (Å²) in [4.78, 5) is 28.5. The van der Waals surface area contributed by atoms with E-state index in [1.165, 1.54) is 17.7 Å². The van der Waals surface area contributed by atoms with Crippen LogP contribution in [0.4, 0.5) is 10.6 Å². The second-order valence-electron chi connectivity index (χ2n) is 10.2. The first-order valence-corrected chi connectivity index (χ1v) is 12.8. The molecule has 0 aromatic carbocycles. The number of pyridine rings is 2. The first kappa shape index (κ1) is 23.6. The number of amides is 1. The number of imidazole rings is 1. The van der Waals surface area contributed by atoms with Gasteiger partial charge in [-0.25, -0.2) is 9.78 Å². The van der Waals surface area contributed by atoms with Gasteiger partial charge in [0.1, 0.15) is 11.5 Å². The zero-order valence-electron chi connectivity index (χ0n) is 21.1. The third kappa shape index (κ3) is 5.12. The van der Waals surface area contributed by atoms with Gasteiger partial charge in [0.2, 0.25) is 0 Å². The van der Waals surface area contributed by atoms with Gasteiger partial charge in [-0.3, -0.25) is 14.3 Å². The van der Waals surface area contributed by atoms with E-state index < -0.39 is 0 Å². The highest BCUT2D eigenvalue weighted by molar-refractivity contribution is 5.68. The molecule has 8 nitrogen and oxygen atoms in total. The largest absolute Gasteiger partial charge is 0.449 e. The van der Waals surface area contributed by atoms with E-state index in [-0.39, 0.29) is 6.09 Å². The van der Waals surface area contributed by atoms with Crippen molar-refractivity contribution < 1.29 is 9.53 Å². The summed E-state index contributed by atoms with van der Waals surface area (Å²) in [6.45, 7) is 8.20. The molecule has 0 spiro atoms. The Morgan fingerprint density at radius 3 is 2.80 bits per heavy atom. The standard InChI is InChI=1S/C27H36N6O2/c1-20(2)19-35-27(34)32-15-13-31(14-16-32)25-11-5-10-24-29-22(18-33(24)25)17-30(3)23-9-4-7-21-8-6-12-28-26(21)23/h5-6,8,10-12,18,20,23H,4,7,9,13-17,19H2,1-3H3. The van der Waals surface area contributed by atoms with Crippen molar-refractivity contribution in [2.45, 2.75) is 45.7 Å². The number of carbonyl (C=O) groups is 1. The molecular weight excluding hydrogens is 440 g/mol. The molecule has 0 bridgehead atoms. The van der Waals surface area contributed by atoms with E-state index in [1.54, 1.807) is 0 Å². The molecule has 1 saturated heterocycles. The summed E-state index contributed by atoms with van der Waals surface area (Å²) in [5.41, 5.74) is 4.60. The lowest BCUT2D eigenvalue weighted by Crippen LogP contribution is -2.49. The van der Waals surface area contributed by atoms with Crippen LogP contribution in [0.3, 0.4) is 0 Å². The zero-order valence-corrected chi connectivity index (χ0v) is 21.1. The Hall–Kier alpha value is -3.13. The fraction of sp³-hybridized carbons (Fsp3) is 0.519. The van der Waals surface area contributed by atoms with Gasteiger partial charge >= 0.3 is 6.09 Å². The van der Waals surface area contributed by atoms with Crippen LogP contribution in [0.2, 0.25) is 0 Å². The summed E-state index contributed by atoms with van der Waals surface area (Å²) in [5, 5.41) is 0. The molecule has 1 aliphatic carbocycles. The zero-order chi connectivity index (χ0) is 24.4. The average molecular weight is 477 g/mol. The SMILES string of the molecule is CC(C)COC(=O)N1CCN(c2cccc3nc(CN(C)C4CCCc5cccnc54)cn23)CC1. The van der Waals surface area contributed by atoms with E-state index in [0.29, 0.717) is 31.7 Å². The molecule has 1 aliphatic heterocycles. The Balaban J connectivity index is 1.27. The highest BCUT2D eigenvalue weighted by atomic mass is 16.6. The lowest BCUT2D eigenvalue weighted by Gasteiger charge is -2.35. The Kier molecular flexibility index (Phi) is 6.90. The molecule has 35 heavy (non-hydrogen) atoms. The normalized spacial score (nSPS) is 18.4. The Labute approximate surface area is 207 Å². The minimum atomic E-state index is -0.205. The average Bonchev–Trinajstić information content (AvgIpc) is 3.29. The summed E-state index contributed by atoms with van der Waals surface area (Å²) >= 11 is 0. The van der Waals surface area contributed by atoms with Crippen LogP contribution in [-0.2, 0) is 17.7 Å². The fourth-order valence-electron chi connectivity index (χ4n) is 5.21. The number of rotatable bonds is 6. The molecule has 0 saturated carbocycles. The van der Waals surface area contributed by atoms with Gasteiger partial charge in [-0.1, -0.05) is 26.0 Å². The van der Waals surface area contributed by atoms with Gasteiger partial charge in [-0.15, -0.1) is 0 Å². The van der Waals surface area contributed by atoms with Crippen LogP contribution in [0.15, 0.2) is 42.7 Å². The summed E-state index contributed by atoms with van der Waals surface area (Å²) in [6.07, 6.45) is 7.30. The van der Waals surface area contributed by atoms with Crippen LogP contribution in [0.1, 0.15) is 49.7 Å². The minimum Gasteiger partial charge on any atom is -0.449 e. The maximum absolute atomic E-state index is 12.3. The van der Waals surface area contributed by atoms with E-state index >= 15 is 0 Å². The van der Waals surface area contributed by atoms with E-state index in [2.05, 4.69) is 51.7 Å². The van der Waals surface area contributed by atoms with Gasteiger partial charge in [0, 0.05) is 45.1 Å². The monoisotopic (exact) mass is 476 g/mol. The molecule has 3 aromatic rings. The van der Waals surface area contributed by atoms with Crippen molar-refractivity contribution in [2.75, 3.05) is 44.7 Å². The van der Waals surface area contributed by atoms with Crippen molar-refractivity contribution in [2.24, 2.45) is 5.92 Å². The van der Waals surface area contributed by atoms with Crippen molar-refractivity contribution in [3.05, 3.63) is 59.7 Å². The molecule has 0 radical (unpaired) electrons. The number of carbonyl (C=O) groups excluding carboxylic acids is 1. The number of anilines is 1. The number of piperazine rings is 1. The number of hydrogen-bond acceptors (Lipinski definition) is 6. The van der Waals surface area contributed by atoms with Crippen molar-refractivity contribution in [1.82, 2.24) is 24.2 Å². The first-order valence-electron chi connectivity index (χ1n) is 12.8. The van der Waals surface area contributed by atoms with Gasteiger partial charge in [-0.05, 0) is 56.0 Å². The van der Waals surface area contributed by atoms with Crippen LogP contribution < -0.4 is 4.90 Å². The Morgan fingerprint density at radius 2 is 2.00 bits per heavy atom. The predicted molar refractivity (Wildman–Crippen MR) is 137 cm³/mol. The predicted octanol–water partition coefficient (Wildman–Crippen LogP) is 4.15. The van der Waals surface area contributed by atoms with E-state index in [4.69, 9.17) is 14.7 Å². The van der Waals surface area contributed by atoms with Gasteiger partial charge < -0.3 is 14.5 Å². The lowest BCUT2D eigenvalue weighted by molar-refractivity contribution is 0.0901. The number of nitrogens with zero attached hydrogens (tertiary/aromatic N) is 6. The van der Waals surface area contributed by atoms with Crippen molar-refractivity contribution in [1.29, 1.82) is 0 Å². The number of hydrogen-bond donors (Lipinski definition) is 0. The third-order valence-electron chi connectivity index (χ3n) is 7.03. The molecule has 2 aliphatic rings. The molecule has 4 heterocycles. The van der Waals surface area contributed by atoms with Crippen LogP contribution in [0, 0.1) is 5.92 Å². The summed E-state index contributed by atoms with van der Waals surface area (Å²) in [5.74, 6) is 1.46. The van der Waals surface area contributed by atoms with Crippen molar-refractivity contribution >= 4 is 17.6 Å². The second kappa shape index (κ2) is 10.2. The second-order valence-corrected chi connectivity index (χ2v) is 10.2. The van der Waals surface area contributed by atoms with E-state index in [1.807, 2.05) is 31.0 Å². The van der Waals surface area contributed by atoms with E-state index in [0.717, 1.165) is 49.6 Å². The molecule has 0 N–H and O–H groups in total. The maximum atomic E-state index is 12.3. The molecule has 1 fully saturated rings. The molecular formula is C27H36N6O2. The Morgan fingerprint density at radius 1 is 1.17 bits per heavy atom. The first-order chi connectivity index (χ1) is 17.0. The molecule has 1 amide bonds. The van der Waals surface area contributed by atoms with Crippen LogP contribution >= 0.6 is 0 Å².